The second-order valence-corrected chi connectivity index (χ2v) is 4.43. The Bertz CT molecular complexity index is 547. The summed E-state index contributed by atoms with van der Waals surface area (Å²) in [5.41, 5.74) is 1.44. The molecule has 120 valence electrons. The van der Waals surface area contributed by atoms with Crippen LogP contribution in [0.4, 0.5) is 0 Å². The zero-order valence-corrected chi connectivity index (χ0v) is 13.6. The highest BCUT2D eigenvalue weighted by Crippen LogP contribution is 2.38. The van der Waals surface area contributed by atoms with Crippen molar-refractivity contribution in [2.24, 2.45) is 0 Å². The normalized spacial score (nSPS) is 11.4. The third-order valence-corrected chi connectivity index (χ3v) is 3.06. The number of hydrogen-bond acceptors (Lipinski definition) is 5. The van der Waals surface area contributed by atoms with E-state index in [1.54, 1.807) is 47.3 Å². The molecule has 5 heteroatoms. The molecule has 1 aromatic carbocycles. The Morgan fingerprint density at radius 1 is 1.09 bits per heavy atom. The van der Waals surface area contributed by atoms with Gasteiger partial charge in [-0.25, -0.2) is 4.79 Å². The van der Waals surface area contributed by atoms with Crippen LogP contribution in [0.1, 0.15) is 19.4 Å². The standard InChI is InChI=1S/C17H22O5/c1-6-12(2)17(18)22-9-7-8-13-10-14(19-3)16(21-5)15(11-13)20-4/h6-8,10-11H,9H2,1-5H3/b8-7+,12-6+. The van der Waals surface area contributed by atoms with E-state index in [0.717, 1.165) is 5.56 Å². The van der Waals surface area contributed by atoms with Gasteiger partial charge in [-0.1, -0.05) is 12.2 Å². The van der Waals surface area contributed by atoms with E-state index in [1.165, 1.54) is 0 Å². The third kappa shape index (κ3) is 4.55. The summed E-state index contributed by atoms with van der Waals surface area (Å²) in [5, 5.41) is 0. The van der Waals surface area contributed by atoms with E-state index in [-0.39, 0.29) is 12.6 Å². The maximum atomic E-state index is 11.5. The number of rotatable bonds is 7. The number of ether oxygens (including phenoxy) is 4. The van der Waals surface area contributed by atoms with Crippen molar-refractivity contribution in [1.29, 1.82) is 0 Å². The van der Waals surface area contributed by atoms with Crippen LogP contribution in [-0.2, 0) is 9.53 Å². The average molecular weight is 306 g/mol. The number of hydrogen-bond donors (Lipinski definition) is 0. The summed E-state index contributed by atoms with van der Waals surface area (Å²) in [4.78, 5) is 11.5. The Balaban J connectivity index is 2.81. The first-order valence-corrected chi connectivity index (χ1v) is 6.84. The van der Waals surface area contributed by atoms with Gasteiger partial charge in [0.1, 0.15) is 6.61 Å². The fourth-order valence-corrected chi connectivity index (χ4v) is 1.74. The molecule has 0 saturated heterocycles. The maximum absolute atomic E-state index is 11.5. The van der Waals surface area contributed by atoms with E-state index in [0.29, 0.717) is 22.8 Å². The number of benzene rings is 1. The van der Waals surface area contributed by atoms with Crippen LogP contribution in [-0.4, -0.2) is 33.9 Å². The first kappa shape index (κ1) is 17.6. The number of esters is 1. The Kier molecular flexibility index (Phi) is 7.02. The summed E-state index contributed by atoms with van der Waals surface area (Å²) in [7, 11) is 4.68. The molecule has 0 N–H and O–H groups in total. The number of allylic oxidation sites excluding steroid dienone is 1. The number of carbonyl (C=O) groups excluding carboxylic acids is 1. The van der Waals surface area contributed by atoms with Crippen molar-refractivity contribution < 1.29 is 23.7 Å². The molecule has 0 aliphatic carbocycles. The van der Waals surface area contributed by atoms with E-state index in [9.17, 15) is 4.79 Å². The van der Waals surface area contributed by atoms with Crippen molar-refractivity contribution in [3.05, 3.63) is 35.4 Å². The third-order valence-electron chi connectivity index (χ3n) is 3.06. The Morgan fingerprint density at radius 2 is 1.68 bits per heavy atom. The molecule has 0 unspecified atom stereocenters. The van der Waals surface area contributed by atoms with Crippen LogP contribution < -0.4 is 14.2 Å². The van der Waals surface area contributed by atoms with Gasteiger partial charge >= 0.3 is 5.97 Å². The molecule has 0 spiro atoms. The van der Waals surface area contributed by atoms with E-state index >= 15 is 0 Å². The van der Waals surface area contributed by atoms with Gasteiger partial charge in [0.05, 0.1) is 21.3 Å². The van der Waals surface area contributed by atoms with Gasteiger partial charge in [-0.3, -0.25) is 0 Å². The molecule has 0 aliphatic rings. The molecule has 0 saturated carbocycles. The SMILES string of the molecule is C/C=C(\C)C(=O)OC/C=C/c1cc(OC)c(OC)c(OC)c1. The first-order valence-electron chi connectivity index (χ1n) is 6.84. The molecule has 0 heterocycles. The van der Waals surface area contributed by atoms with Gasteiger partial charge in [0.15, 0.2) is 11.5 Å². The number of methoxy groups -OCH3 is 3. The summed E-state index contributed by atoms with van der Waals surface area (Å²) in [6.45, 7) is 3.70. The minimum atomic E-state index is -0.322. The molecule has 0 radical (unpaired) electrons. The highest BCUT2D eigenvalue weighted by molar-refractivity contribution is 5.87. The van der Waals surface area contributed by atoms with Gasteiger partial charge in [0.2, 0.25) is 5.75 Å². The van der Waals surface area contributed by atoms with Crippen molar-refractivity contribution in [1.82, 2.24) is 0 Å². The maximum Gasteiger partial charge on any atom is 0.333 e. The average Bonchev–Trinajstić information content (AvgIpc) is 2.56. The molecule has 0 amide bonds. The molecule has 0 fully saturated rings. The number of carbonyl (C=O) groups is 1. The second-order valence-electron chi connectivity index (χ2n) is 4.43. The molecule has 0 bridgehead atoms. The van der Waals surface area contributed by atoms with Gasteiger partial charge in [-0.05, 0) is 37.6 Å². The lowest BCUT2D eigenvalue weighted by atomic mass is 10.1. The van der Waals surface area contributed by atoms with Gasteiger partial charge in [-0.15, -0.1) is 0 Å². The van der Waals surface area contributed by atoms with E-state index in [4.69, 9.17) is 18.9 Å². The van der Waals surface area contributed by atoms with Crippen LogP contribution >= 0.6 is 0 Å². The summed E-state index contributed by atoms with van der Waals surface area (Å²) in [6.07, 6.45) is 5.29. The van der Waals surface area contributed by atoms with Crippen LogP contribution in [0.2, 0.25) is 0 Å². The van der Waals surface area contributed by atoms with Crippen molar-refractivity contribution in [3.63, 3.8) is 0 Å². The summed E-state index contributed by atoms with van der Waals surface area (Å²) in [5.74, 6) is 1.36. The molecule has 0 aromatic heterocycles. The zero-order valence-electron chi connectivity index (χ0n) is 13.6. The largest absolute Gasteiger partial charge is 0.493 e. The van der Waals surface area contributed by atoms with Crippen molar-refractivity contribution in [2.45, 2.75) is 13.8 Å². The fraction of sp³-hybridized carbons (Fsp3) is 0.353. The quantitative estimate of drug-likeness (QED) is 0.572. The Morgan fingerprint density at radius 3 is 2.14 bits per heavy atom. The lowest BCUT2D eigenvalue weighted by Gasteiger charge is -2.12. The lowest BCUT2D eigenvalue weighted by molar-refractivity contribution is -0.137. The highest BCUT2D eigenvalue weighted by atomic mass is 16.5. The summed E-state index contributed by atoms with van der Waals surface area (Å²) < 4.78 is 20.9. The van der Waals surface area contributed by atoms with Crippen molar-refractivity contribution in [3.8, 4) is 17.2 Å². The van der Waals surface area contributed by atoms with Gasteiger partial charge < -0.3 is 18.9 Å². The predicted octanol–water partition coefficient (Wildman–Crippen LogP) is 3.24. The molecular formula is C17H22O5. The topological polar surface area (TPSA) is 54.0 Å². The zero-order chi connectivity index (χ0) is 16.5. The van der Waals surface area contributed by atoms with Crippen LogP contribution in [0.25, 0.3) is 6.08 Å². The summed E-state index contributed by atoms with van der Waals surface area (Å²) >= 11 is 0. The van der Waals surface area contributed by atoms with E-state index < -0.39 is 0 Å². The Hall–Kier alpha value is -2.43. The van der Waals surface area contributed by atoms with Crippen LogP contribution in [0.15, 0.2) is 29.9 Å². The Labute approximate surface area is 131 Å². The van der Waals surface area contributed by atoms with Crippen LogP contribution in [0.5, 0.6) is 17.2 Å². The molecule has 1 rings (SSSR count). The smallest absolute Gasteiger partial charge is 0.333 e. The lowest BCUT2D eigenvalue weighted by Crippen LogP contribution is -2.05. The molecule has 0 atom stereocenters. The molecule has 5 nitrogen and oxygen atoms in total. The van der Waals surface area contributed by atoms with Crippen LogP contribution in [0.3, 0.4) is 0 Å². The summed E-state index contributed by atoms with van der Waals surface area (Å²) in [6, 6.07) is 3.63. The van der Waals surface area contributed by atoms with Crippen molar-refractivity contribution >= 4 is 12.0 Å². The highest BCUT2D eigenvalue weighted by Gasteiger charge is 2.11. The first-order chi connectivity index (χ1) is 10.6. The van der Waals surface area contributed by atoms with Crippen molar-refractivity contribution in [2.75, 3.05) is 27.9 Å². The molecule has 22 heavy (non-hydrogen) atoms. The molecule has 1 aromatic rings. The van der Waals surface area contributed by atoms with Crippen LogP contribution in [0, 0.1) is 0 Å². The van der Waals surface area contributed by atoms with E-state index in [2.05, 4.69) is 0 Å². The minimum absolute atomic E-state index is 0.195. The predicted molar refractivity (Wildman–Crippen MR) is 85.5 cm³/mol. The monoisotopic (exact) mass is 306 g/mol. The van der Waals surface area contributed by atoms with Gasteiger partial charge in [0, 0.05) is 5.57 Å². The second kappa shape index (κ2) is 8.77. The molecule has 0 aliphatic heterocycles. The van der Waals surface area contributed by atoms with E-state index in [1.807, 2.05) is 18.2 Å². The molecular weight excluding hydrogens is 284 g/mol. The minimum Gasteiger partial charge on any atom is -0.493 e. The fourth-order valence-electron chi connectivity index (χ4n) is 1.74. The van der Waals surface area contributed by atoms with Gasteiger partial charge in [0.25, 0.3) is 0 Å². The van der Waals surface area contributed by atoms with Gasteiger partial charge in [-0.2, -0.15) is 0 Å².